The highest BCUT2D eigenvalue weighted by Gasteiger charge is 2.37. The van der Waals surface area contributed by atoms with Crippen molar-refractivity contribution >= 4 is 32.3 Å². The van der Waals surface area contributed by atoms with Gasteiger partial charge in [0.25, 0.3) is 0 Å². The zero-order valence-electron chi connectivity index (χ0n) is 33.9. The van der Waals surface area contributed by atoms with Crippen molar-refractivity contribution in [3.05, 3.63) is 238 Å². The Kier molecular flexibility index (Phi) is 7.06. The van der Waals surface area contributed by atoms with Crippen LogP contribution in [-0.2, 0) is 18.3 Å². The molecule has 0 N–H and O–H groups in total. The lowest BCUT2D eigenvalue weighted by Crippen LogP contribution is -2.16. The molecule has 0 aliphatic heterocycles. The third-order valence-electron chi connectivity index (χ3n) is 14.5. The van der Waals surface area contributed by atoms with Crippen molar-refractivity contribution in [2.24, 2.45) is 0 Å². The van der Waals surface area contributed by atoms with Crippen LogP contribution in [0.25, 0.3) is 76.8 Å². The first-order valence-corrected chi connectivity index (χ1v) is 21.5. The predicted molar refractivity (Wildman–Crippen MR) is 252 cm³/mol. The van der Waals surface area contributed by atoms with Crippen LogP contribution in [0.2, 0.25) is 0 Å². The third-order valence-corrected chi connectivity index (χ3v) is 14.5. The number of hydrogen-bond donors (Lipinski definition) is 0. The summed E-state index contributed by atoms with van der Waals surface area (Å²) in [6.45, 7) is 4.81. The van der Waals surface area contributed by atoms with E-state index in [0.29, 0.717) is 0 Å². The molecule has 60 heavy (non-hydrogen) atoms. The van der Waals surface area contributed by atoms with Crippen LogP contribution in [0.5, 0.6) is 0 Å². The summed E-state index contributed by atoms with van der Waals surface area (Å²) in [6.07, 6.45) is 1.88. The predicted octanol–water partition coefficient (Wildman–Crippen LogP) is 15.4. The van der Waals surface area contributed by atoms with Crippen molar-refractivity contribution in [2.75, 3.05) is 0 Å². The lowest BCUT2D eigenvalue weighted by Gasteiger charge is -2.27. The maximum Gasteiger partial charge on any atom is 0.0352 e. The molecule has 0 spiro atoms. The van der Waals surface area contributed by atoms with E-state index in [2.05, 4.69) is 202 Å². The average Bonchev–Trinajstić information content (AvgIpc) is 3.94. The smallest absolute Gasteiger partial charge is 0.0352 e. The summed E-state index contributed by atoms with van der Waals surface area (Å²) in [7, 11) is 0. The molecule has 0 nitrogen and oxygen atoms in total. The Morgan fingerprint density at radius 1 is 0.367 bits per heavy atom. The van der Waals surface area contributed by atoms with Crippen LogP contribution in [0, 0.1) is 0 Å². The van der Waals surface area contributed by atoms with E-state index in [1.165, 1.54) is 127 Å². The molecule has 0 aromatic heterocycles. The third kappa shape index (κ3) is 4.68. The highest BCUT2D eigenvalue weighted by atomic mass is 14.4. The van der Waals surface area contributed by atoms with Crippen molar-refractivity contribution in [1.82, 2.24) is 0 Å². The van der Waals surface area contributed by atoms with Crippen LogP contribution in [-0.4, -0.2) is 0 Å². The summed E-state index contributed by atoms with van der Waals surface area (Å²) >= 11 is 0. The monoisotopic (exact) mass is 762 g/mol. The summed E-state index contributed by atoms with van der Waals surface area (Å²) in [4.78, 5) is 0. The number of benzene rings is 10. The van der Waals surface area contributed by atoms with Crippen molar-refractivity contribution in [1.29, 1.82) is 0 Å². The molecule has 3 aliphatic carbocycles. The molecule has 0 amide bonds. The molecule has 10 aromatic rings. The second-order valence-electron chi connectivity index (χ2n) is 17.9. The molecule has 0 radical (unpaired) electrons. The van der Waals surface area contributed by atoms with Crippen LogP contribution >= 0.6 is 0 Å². The molecule has 0 heteroatoms. The SMILES string of the molecule is CC1(C)c2ccccc2-c2ccc(C(c3cccc4c3-c3cc5ccccc5c(-c5cccc6c5Cc5ccccc5-6)c3C4)c3cc4ccccc4c4ccccc34)cc21. The molecule has 0 fully saturated rings. The number of rotatable bonds is 4. The quantitative estimate of drug-likeness (QED) is 0.124. The fourth-order valence-electron chi connectivity index (χ4n) is 11.8. The molecular formula is C60H42. The summed E-state index contributed by atoms with van der Waals surface area (Å²) in [5.74, 6) is -0.00406. The van der Waals surface area contributed by atoms with Gasteiger partial charge in [0, 0.05) is 11.3 Å². The molecule has 0 saturated carbocycles. The standard InChI is InChI=1S/C60H42/c1-60(2)55-28-12-11-24-47(55)48-30-29-40(35-56(48)60)58(52-32-37-16-4-6-19-41(37)44-22-9-10-23-46(44)52)50-27-13-18-39-34-54-53(57(39)50)33-38-17-5-8-21-43(38)59(54)49-26-14-25-45-42-20-7-3-15-36(42)31-51(45)49/h3-30,32-33,35,58H,31,34H2,1-2H3. The topological polar surface area (TPSA) is 0 Å². The first kappa shape index (κ1) is 33.9. The minimum absolute atomic E-state index is 0.00406. The van der Waals surface area contributed by atoms with Gasteiger partial charge in [0.2, 0.25) is 0 Å². The molecule has 1 atom stereocenters. The fourth-order valence-corrected chi connectivity index (χ4v) is 11.8. The number of hydrogen-bond acceptors (Lipinski definition) is 0. The van der Waals surface area contributed by atoms with Gasteiger partial charge in [0.15, 0.2) is 0 Å². The zero-order chi connectivity index (χ0) is 39.7. The van der Waals surface area contributed by atoms with Gasteiger partial charge in [0.05, 0.1) is 0 Å². The zero-order valence-corrected chi connectivity index (χ0v) is 33.9. The molecule has 10 aromatic carbocycles. The molecule has 282 valence electrons. The average molecular weight is 763 g/mol. The minimum Gasteiger partial charge on any atom is -0.0619 e. The second kappa shape index (κ2) is 12.5. The van der Waals surface area contributed by atoms with Crippen molar-refractivity contribution < 1.29 is 0 Å². The van der Waals surface area contributed by atoms with Crippen LogP contribution in [0.3, 0.4) is 0 Å². The van der Waals surface area contributed by atoms with Crippen LogP contribution in [0.1, 0.15) is 69.8 Å². The van der Waals surface area contributed by atoms with Gasteiger partial charge in [-0.25, -0.2) is 0 Å². The lowest BCUT2D eigenvalue weighted by molar-refractivity contribution is 0.659. The molecular weight excluding hydrogens is 721 g/mol. The van der Waals surface area contributed by atoms with E-state index >= 15 is 0 Å². The number of fused-ring (bicyclic) bond motifs is 13. The van der Waals surface area contributed by atoms with Crippen LogP contribution in [0.15, 0.2) is 188 Å². The molecule has 0 bridgehead atoms. The maximum absolute atomic E-state index is 2.57. The Bertz CT molecular complexity index is 3470. The van der Waals surface area contributed by atoms with Gasteiger partial charge in [-0.15, -0.1) is 0 Å². The van der Waals surface area contributed by atoms with Gasteiger partial charge in [-0.3, -0.25) is 0 Å². The summed E-state index contributed by atoms with van der Waals surface area (Å²) in [5.41, 5.74) is 23.6. The van der Waals surface area contributed by atoms with Gasteiger partial charge >= 0.3 is 0 Å². The highest BCUT2D eigenvalue weighted by molar-refractivity contribution is 6.10. The first-order chi connectivity index (χ1) is 29.5. The highest BCUT2D eigenvalue weighted by Crippen LogP contribution is 2.54. The van der Waals surface area contributed by atoms with Crippen molar-refractivity contribution in [3.8, 4) is 44.5 Å². The molecule has 3 aliphatic rings. The van der Waals surface area contributed by atoms with E-state index in [1.54, 1.807) is 0 Å². The Balaban J connectivity index is 1.09. The minimum atomic E-state index is -0.105. The fraction of sp³-hybridized carbons (Fsp3) is 0.100. The maximum atomic E-state index is 2.57. The van der Waals surface area contributed by atoms with Gasteiger partial charge in [-0.2, -0.15) is 0 Å². The summed E-state index contributed by atoms with van der Waals surface area (Å²) in [6, 6.07) is 71.8. The van der Waals surface area contributed by atoms with Crippen LogP contribution < -0.4 is 0 Å². The van der Waals surface area contributed by atoms with E-state index in [-0.39, 0.29) is 11.3 Å². The Hall–Kier alpha value is -7.02. The largest absolute Gasteiger partial charge is 0.0619 e. The first-order valence-electron chi connectivity index (χ1n) is 21.5. The summed E-state index contributed by atoms with van der Waals surface area (Å²) in [5, 5.41) is 7.85. The van der Waals surface area contributed by atoms with E-state index in [4.69, 9.17) is 0 Å². The molecule has 13 rings (SSSR count). The molecule has 1 unspecified atom stereocenters. The Labute approximate surface area is 351 Å². The van der Waals surface area contributed by atoms with Gasteiger partial charge in [0.1, 0.15) is 0 Å². The molecule has 0 heterocycles. The van der Waals surface area contributed by atoms with E-state index in [9.17, 15) is 0 Å². The van der Waals surface area contributed by atoms with E-state index in [1.807, 2.05) is 0 Å². The van der Waals surface area contributed by atoms with Gasteiger partial charge < -0.3 is 0 Å². The lowest BCUT2D eigenvalue weighted by atomic mass is 9.76. The Morgan fingerprint density at radius 2 is 0.983 bits per heavy atom. The van der Waals surface area contributed by atoms with E-state index in [0.717, 1.165) is 12.8 Å². The van der Waals surface area contributed by atoms with E-state index < -0.39 is 0 Å². The normalized spacial score (nSPS) is 14.4. The molecule has 0 saturated heterocycles. The van der Waals surface area contributed by atoms with Crippen molar-refractivity contribution in [3.63, 3.8) is 0 Å². The van der Waals surface area contributed by atoms with Crippen LogP contribution in [0.4, 0.5) is 0 Å². The van der Waals surface area contributed by atoms with Crippen molar-refractivity contribution in [2.45, 2.75) is 38.0 Å². The van der Waals surface area contributed by atoms with Gasteiger partial charge in [-0.05, 0) is 152 Å². The second-order valence-corrected chi connectivity index (χ2v) is 17.9. The summed E-state index contributed by atoms with van der Waals surface area (Å²) < 4.78 is 0. The van der Waals surface area contributed by atoms with Gasteiger partial charge in [-0.1, -0.05) is 190 Å². The Morgan fingerprint density at radius 3 is 1.85 bits per heavy atom.